The van der Waals surface area contributed by atoms with Gasteiger partial charge in [0.1, 0.15) is 5.75 Å². The number of hydrogen-bond acceptors (Lipinski definition) is 2. The molecule has 0 spiro atoms. The van der Waals surface area contributed by atoms with Crippen LogP contribution in [0.3, 0.4) is 0 Å². The van der Waals surface area contributed by atoms with Gasteiger partial charge < -0.3 is 9.84 Å². The van der Waals surface area contributed by atoms with Gasteiger partial charge >= 0.3 is 5.97 Å². The summed E-state index contributed by atoms with van der Waals surface area (Å²) in [6.45, 7) is 0. The van der Waals surface area contributed by atoms with E-state index >= 15 is 0 Å². The van der Waals surface area contributed by atoms with Gasteiger partial charge in [0.15, 0.2) is 0 Å². The minimum atomic E-state index is -0.967. The van der Waals surface area contributed by atoms with Gasteiger partial charge in [-0.1, -0.05) is 29.8 Å². The SMILES string of the molecule is COc1ccc(-c2ccc(C=CC(=O)O)cc2Cl)cc1C12CC3CC(CC(C3)C1)C2. The number of ether oxygens (including phenoxy) is 1. The van der Waals surface area contributed by atoms with Gasteiger partial charge in [0, 0.05) is 22.2 Å². The summed E-state index contributed by atoms with van der Waals surface area (Å²) in [5, 5.41) is 9.47. The Kier molecular flexibility index (Phi) is 4.89. The normalized spacial score (nSPS) is 29.5. The van der Waals surface area contributed by atoms with E-state index in [1.807, 2.05) is 18.2 Å². The summed E-state index contributed by atoms with van der Waals surface area (Å²) in [7, 11) is 1.77. The number of carboxylic acid groups (broad SMARTS) is 1. The molecule has 2 aromatic carbocycles. The largest absolute Gasteiger partial charge is 0.496 e. The molecule has 1 N–H and O–H groups in total. The van der Waals surface area contributed by atoms with Crippen LogP contribution in [0.2, 0.25) is 5.02 Å². The first-order valence-electron chi connectivity index (χ1n) is 10.9. The highest BCUT2D eigenvalue weighted by atomic mass is 35.5. The number of methoxy groups -OCH3 is 1. The average molecular weight is 423 g/mol. The lowest BCUT2D eigenvalue weighted by atomic mass is 9.48. The van der Waals surface area contributed by atoms with E-state index in [9.17, 15) is 4.79 Å². The topological polar surface area (TPSA) is 46.5 Å². The first kappa shape index (κ1) is 19.7. The molecule has 4 fully saturated rings. The van der Waals surface area contributed by atoms with Crippen molar-refractivity contribution < 1.29 is 14.6 Å². The Balaban J connectivity index is 1.54. The van der Waals surface area contributed by atoms with E-state index in [1.165, 1.54) is 44.1 Å². The molecular weight excluding hydrogens is 396 g/mol. The summed E-state index contributed by atoms with van der Waals surface area (Å²) < 4.78 is 5.83. The van der Waals surface area contributed by atoms with Crippen molar-refractivity contribution >= 4 is 23.6 Å². The molecule has 4 aliphatic carbocycles. The molecule has 0 aliphatic heterocycles. The van der Waals surface area contributed by atoms with Crippen molar-refractivity contribution in [3.63, 3.8) is 0 Å². The van der Waals surface area contributed by atoms with Crippen molar-refractivity contribution in [2.45, 2.75) is 43.9 Å². The Morgan fingerprint density at radius 2 is 1.73 bits per heavy atom. The highest BCUT2D eigenvalue weighted by molar-refractivity contribution is 6.33. The molecule has 0 radical (unpaired) electrons. The van der Waals surface area contributed by atoms with Gasteiger partial charge in [-0.15, -0.1) is 0 Å². The van der Waals surface area contributed by atoms with Crippen LogP contribution in [0.1, 0.15) is 49.7 Å². The second-order valence-corrected chi connectivity index (χ2v) is 9.93. The summed E-state index contributed by atoms with van der Waals surface area (Å²) in [5.41, 5.74) is 4.44. The molecule has 4 heteroatoms. The van der Waals surface area contributed by atoms with Crippen LogP contribution in [0, 0.1) is 17.8 Å². The van der Waals surface area contributed by atoms with Crippen molar-refractivity contribution in [3.05, 3.63) is 58.6 Å². The first-order chi connectivity index (χ1) is 14.5. The third-order valence-corrected chi connectivity index (χ3v) is 7.84. The molecule has 0 heterocycles. The molecule has 0 amide bonds. The van der Waals surface area contributed by atoms with Crippen LogP contribution in [0.15, 0.2) is 42.5 Å². The summed E-state index contributed by atoms with van der Waals surface area (Å²) in [6, 6.07) is 12.2. The molecular formula is C26H27ClO3. The molecule has 3 nitrogen and oxygen atoms in total. The third-order valence-electron chi connectivity index (χ3n) is 7.53. The molecule has 0 unspecified atom stereocenters. The number of rotatable bonds is 5. The first-order valence-corrected chi connectivity index (χ1v) is 11.2. The van der Waals surface area contributed by atoms with E-state index in [4.69, 9.17) is 21.4 Å². The zero-order valence-corrected chi connectivity index (χ0v) is 18.0. The fraction of sp³-hybridized carbons (Fsp3) is 0.423. The maximum atomic E-state index is 10.8. The Labute approximate surface area is 182 Å². The lowest BCUT2D eigenvalue weighted by molar-refractivity contribution is -0.131. The van der Waals surface area contributed by atoms with Crippen LogP contribution in [0.4, 0.5) is 0 Å². The Hall–Kier alpha value is -2.26. The number of halogens is 1. The smallest absolute Gasteiger partial charge is 0.328 e. The molecule has 2 aromatic rings. The van der Waals surface area contributed by atoms with E-state index in [0.29, 0.717) is 5.02 Å². The Bertz CT molecular complexity index is 988. The number of carbonyl (C=O) groups is 1. The average Bonchev–Trinajstić information content (AvgIpc) is 2.71. The number of carboxylic acids is 1. The molecule has 0 saturated heterocycles. The third kappa shape index (κ3) is 3.43. The number of benzene rings is 2. The van der Waals surface area contributed by atoms with Crippen molar-refractivity contribution in [1.29, 1.82) is 0 Å². The zero-order chi connectivity index (χ0) is 20.9. The van der Waals surface area contributed by atoms with E-state index < -0.39 is 5.97 Å². The van der Waals surface area contributed by atoms with Gasteiger partial charge in [0.2, 0.25) is 0 Å². The lowest BCUT2D eigenvalue weighted by Crippen LogP contribution is -2.48. The molecule has 4 aliphatic rings. The van der Waals surface area contributed by atoms with Gasteiger partial charge in [-0.3, -0.25) is 0 Å². The predicted molar refractivity (Wildman–Crippen MR) is 120 cm³/mol. The fourth-order valence-corrected chi connectivity index (χ4v) is 7.07. The minimum absolute atomic E-state index is 0.243. The summed E-state index contributed by atoms with van der Waals surface area (Å²) in [6.07, 6.45) is 10.8. The Morgan fingerprint density at radius 3 is 2.30 bits per heavy atom. The summed E-state index contributed by atoms with van der Waals surface area (Å²) >= 11 is 6.61. The molecule has 6 rings (SSSR count). The fourth-order valence-electron chi connectivity index (χ4n) is 6.77. The predicted octanol–water partition coefficient (Wildman–Crippen LogP) is 6.58. The second-order valence-electron chi connectivity index (χ2n) is 9.52. The minimum Gasteiger partial charge on any atom is -0.496 e. The van der Waals surface area contributed by atoms with Gasteiger partial charge in [-0.2, -0.15) is 0 Å². The van der Waals surface area contributed by atoms with Crippen molar-refractivity contribution in [1.82, 2.24) is 0 Å². The monoisotopic (exact) mass is 422 g/mol. The number of hydrogen-bond donors (Lipinski definition) is 1. The highest BCUT2D eigenvalue weighted by Crippen LogP contribution is 2.62. The van der Waals surface area contributed by atoms with Gasteiger partial charge in [0.25, 0.3) is 0 Å². The van der Waals surface area contributed by atoms with Crippen LogP contribution >= 0.6 is 11.6 Å². The van der Waals surface area contributed by atoms with Crippen molar-refractivity contribution in [3.8, 4) is 16.9 Å². The number of aliphatic carboxylic acids is 1. The quantitative estimate of drug-likeness (QED) is 0.553. The summed E-state index contributed by atoms with van der Waals surface area (Å²) in [5.74, 6) is 2.64. The molecule has 30 heavy (non-hydrogen) atoms. The maximum absolute atomic E-state index is 10.8. The van der Waals surface area contributed by atoms with Crippen LogP contribution in [-0.4, -0.2) is 18.2 Å². The molecule has 4 saturated carbocycles. The molecule has 4 bridgehead atoms. The van der Waals surface area contributed by atoms with E-state index in [-0.39, 0.29) is 5.41 Å². The molecule has 0 aromatic heterocycles. The lowest BCUT2D eigenvalue weighted by Gasteiger charge is -2.57. The Morgan fingerprint density at radius 1 is 1.07 bits per heavy atom. The van der Waals surface area contributed by atoms with E-state index in [2.05, 4.69) is 18.2 Å². The zero-order valence-electron chi connectivity index (χ0n) is 17.2. The van der Waals surface area contributed by atoms with Crippen LogP contribution < -0.4 is 4.74 Å². The van der Waals surface area contributed by atoms with Gasteiger partial charge in [-0.05, 0) is 97.1 Å². The highest BCUT2D eigenvalue weighted by Gasteiger charge is 2.52. The molecule has 0 atom stereocenters. The van der Waals surface area contributed by atoms with Crippen LogP contribution in [0.25, 0.3) is 17.2 Å². The van der Waals surface area contributed by atoms with Gasteiger partial charge in [0.05, 0.1) is 7.11 Å². The van der Waals surface area contributed by atoms with Crippen molar-refractivity contribution in [2.75, 3.05) is 7.11 Å². The second kappa shape index (κ2) is 7.46. The maximum Gasteiger partial charge on any atom is 0.328 e. The van der Waals surface area contributed by atoms with E-state index in [0.717, 1.165) is 46.3 Å². The van der Waals surface area contributed by atoms with E-state index in [1.54, 1.807) is 13.2 Å². The summed E-state index contributed by atoms with van der Waals surface area (Å²) in [4.78, 5) is 10.8. The molecule has 156 valence electrons. The van der Waals surface area contributed by atoms with Crippen LogP contribution in [0.5, 0.6) is 5.75 Å². The van der Waals surface area contributed by atoms with Gasteiger partial charge in [-0.25, -0.2) is 4.79 Å². The van der Waals surface area contributed by atoms with Crippen molar-refractivity contribution in [2.24, 2.45) is 17.8 Å². The standard InChI is InChI=1S/C26H27ClO3/c1-30-24-6-4-20(21-5-2-16(11-23(21)27)3-7-25(28)29)12-22(24)26-13-17-8-18(14-26)10-19(9-17)15-26/h2-7,11-12,17-19H,8-10,13-15H2,1H3,(H,28,29). The van der Waals surface area contributed by atoms with Crippen LogP contribution in [-0.2, 0) is 10.2 Å².